The Labute approximate surface area is 122 Å². The van der Waals surface area contributed by atoms with Crippen LogP contribution in [0.2, 0.25) is 0 Å². The van der Waals surface area contributed by atoms with E-state index in [4.69, 9.17) is 0 Å². The molecule has 1 atom stereocenters. The number of carboxylic acid groups (broad SMARTS) is 1. The van der Waals surface area contributed by atoms with Gasteiger partial charge >= 0.3 is 12.0 Å². The lowest BCUT2D eigenvalue weighted by Gasteiger charge is -2.41. The van der Waals surface area contributed by atoms with Crippen molar-refractivity contribution in [3.05, 3.63) is 21.9 Å². The third-order valence-electron chi connectivity index (χ3n) is 3.81. The Balaban J connectivity index is 2.01. The average Bonchev–Trinajstić information content (AvgIpc) is 2.82. The van der Waals surface area contributed by atoms with Crippen molar-refractivity contribution in [3.63, 3.8) is 0 Å². The molecular weight excluding hydrogens is 276 g/mol. The summed E-state index contributed by atoms with van der Waals surface area (Å²) in [6.45, 7) is 4.59. The first kappa shape index (κ1) is 14.8. The van der Waals surface area contributed by atoms with E-state index in [1.807, 2.05) is 19.1 Å². The van der Waals surface area contributed by atoms with Gasteiger partial charge < -0.3 is 15.3 Å². The zero-order valence-corrected chi connectivity index (χ0v) is 12.6. The van der Waals surface area contributed by atoms with Gasteiger partial charge in [-0.15, -0.1) is 11.3 Å². The monoisotopic (exact) mass is 296 g/mol. The fourth-order valence-electron chi connectivity index (χ4n) is 2.51. The van der Waals surface area contributed by atoms with E-state index in [-0.39, 0.29) is 6.03 Å². The number of aryl methyl sites for hydroxylation is 1. The Kier molecular flexibility index (Phi) is 4.32. The minimum absolute atomic E-state index is 0.291. The van der Waals surface area contributed by atoms with E-state index in [9.17, 15) is 14.7 Å². The van der Waals surface area contributed by atoms with Gasteiger partial charge in [-0.25, -0.2) is 9.59 Å². The van der Waals surface area contributed by atoms with Crippen molar-refractivity contribution >= 4 is 23.3 Å². The van der Waals surface area contributed by atoms with Gasteiger partial charge in [-0.1, -0.05) is 0 Å². The van der Waals surface area contributed by atoms with Gasteiger partial charge in [0.1, 0.15) is 5.54 Å². The molecule has 2 heterocycles. The van der Waals surface area contributed by atoms with Crippen molar-refractivity contribution in [1.29, 1.82) is 0 Å². The maximum atomic E-state index is 12.3. The van der Waals surface area contributed by atoms with Crippen LogP contribution in [0.1, 0.15) is 35.9 Å². The SMILES string of the molecule is Cc1ccc(CNC(=O)N2CCCCC2(C)C(=O)O)s1. The zero-order chi connectivity index (χ0) is 14.8. The molecule has 1 fully saturated rings. The summed E-state index contributed by atoms with van der Waals surface area (Å²) in [7, 11) is 0. The molecule has 1 aliphatic rings. The molecule has 1 saturated heterocycles. The molecule has 1 unspecified atom stereocenters. The van der Waals surface area contributed by atoms with Gasteiger partial charge in [0.25, 0.3) is 0 Å². The summed E-state index contributed by atoms with van der Waals surface area (Å²) in [6, 6.07) is 3.70. The first-order valence-electron chi connectivity index (χ1n) is 6.77. The molecule has 2 amide bonds. The van der Waals surface area contributed by atoms with Crippen LogP contribution in [0.15, 0.2) is 12.1 Å². The number of thiophene rings is 1. The van der Waals surface area contributed by atoms with Crippen molar-refractivity contribution in [2.75, 3.05) is 6.54 Å². The fourth-order valence-corrected chi connectivity index (χ4v) is 3.34. The standard InChI is InChI=1S/C14H20N2O3S/c1-10-5-6-11(20-10)9-15-13(19)16-8-4-3-7-14(16,2)12(17)18/h5-6H,3-4,7-9H2,1-2H3,(H,15,19)(H,17,18). The second-order valence-electron chi connectivity index (χ2n) is 5.36. The van der Waals surface area contributed by atoms with Crippen LogP contribution in [-0.2, 0) is 11.3 Å². The first-order valence-corrected chi connectivity index (χ1v) is 7.59. The van der Waals surface area contributed by atoms with Crippen molar-refractivity contribution < 1.29 is 14.7 Å². The second-order valence-corrected chi connectivity index (χ2v) is 6.73. The number of amides is 2. The van der Waals surface area contributed by atoms with Gasteiger partial charge in [-0.05, 0) is 45.2 Å². The minimum atomic E-state index is -1.09. The summed E-state index contributed by atoms with van der Waals surface area (Å²) < 4.78 is 0. The quantitative estimate of drug-likeness (QED) is 0.900. The molecule has 110 valence electrons. The summed E-state index contributed by atoms with van der Waals surface area (Å²) in [5.41, 5.74) is -1.09. The summed E-state index contributed by atoms with van der Waals surface area (Å²) >= 11 is 1.63. The second kappa shape index (κ2) is 5.83. The average molecular weight is 296 g/mol. The van der Waals surface area contributed by atoms with Gasteiger partial charge in [0, 0.05) is 16.3 Å². The Morgan fingerprint density at radius 2 is 2.20 bits per heavy atom. The number of likely N-dealkylation sites (tertiary alicyclic amines) is 1. The molecule has 0 radical (unpaired) electrons. The van der Waals surface area contributed by atoms with E-state index >= 15 is 0 Å². The van der Waals surface area contributed by atoms with E-state index in [1.165, 1.54) is 9.78 Å². The van der Waals surface area contributed by atoms with Crippen molar-refractivity contribution in [2.24, 2.45) is 0 Å². The van der Waals surface area contributed by atoms with Crippen LogP contribution in [-0.4, -0.2) is 34.1 Å². The maximum absolute atomic E-state index is 12.3. The predicted molar refractivity (Wildman–Crippen MR) is 77.9 cm³/mol. The maximum Gasteiger partial charge on any atom is 0.329 e. The number of carbonyl (C=O) groups excluding carboxylic acids is 1. The normalized spacial score (nSPS) is 22.6. The predicted octanol–water partition coefficient (Wildman–Crippen LogP) is 2.60. The molecule has 0 aliphatic carbocycles. The number of urea groups is 1. The smallest absolute Gasteiger partial charge is 0.329 e. The lowest BCUT2D eigenvalue weighted by molar-refractivity contribution is -0.150. The number of piperidine rings is 1. The van der Waals surface area contributed by atoms with Crippen molar-refractivity contribution in [3.8, 4) is 0 Å². The van der Waals surface area contributed by atoms with Crippen LogP contribution in [0.3, 0.4) is 0 Å². The summed E-state index contributed by atoms with van der Waals surface area (Å²) in [6.07, 6.45) is 2.21. The molecule has 6 heteroatoms. The van der Waals surface area contributed by atoms with Crippen LogP contribution in [0.4, 0.5) is 4.79 Å². The third-order valence-corrected chi connectivity index (χ3v) is 4.81. The van der Waals surface area contributed by atoms with E-state index in [0.717, 1.165) is 17.7 Å². The Hall–Kier alpha value is -1.56. The highest BCUT2D eigenvalue weighted by Gasteiger charge is 2.43. The highest BCUT2D eigenvalue weighted by molar-refractivity contribution is 7.11. The molecular formula is C14H20N2O3S. The van der Waals surface area contributed by atoms with Crippen LogP contribution >= 0.6 is 11.3 Å². The summed E-state index contributed by atoms with van der Waals surface area (Å²) in [5, 5.41) is 12.2. The lowest BCUT2D eigenvalue weighted by atomic mass is 9.89. The van der Waals surface area contributed by atoms with E-state index in [1.54, 1.807) is 18.3 Å². The Bertz CT molecular complexity index is 514. The number of aliphatic carboxylic acids is 1. The number of nitrogens with one attached hydrogen (secondary N) is 1. The van der Waals surface area contributed by atoms with Gasteiger partial charge in [-0.2, -0.15) is 0 Å². The number of carboxylic acids is 1. The van der Waals surface area contributed by atoms with Crippen LogP contribution in [0, 0.1) is 6.92 Å². The molecule has 0 spiro atoms. The number of carbonyl (C=O) groups is 2. The van der Waals surface area contributed by atoms with Crippen molar-refractivity contribution in [1.82, 2.24) is 10.2 Å². The molecule has 2 N–H and O–H groups in total. The van der Waals surface area contributed by atoms with Gasteiger partial charge in [0.2, 0.25) is 0 Å². The van der Waals surface area contributed by atoms with Crippen LogP contribution < -0.4 is 5.32 Å². The fraction of sp³-hybridized carbons (Fsp3) is 0.571. The number of hydrogen-bond donors (Lipinski definition) is 2. The topological polar surface area (TPSA) is 69.6 Å². The molecule has 0 saturated carbocycles. The van der Waals surface area contributed by atoms with Crippen molar-refractivity contribution in [2.45, 2.75) is 45.2 Å². The van der Waals surface area contributed by atoms with Gasteiger partial charge in [-0.3, -0.25) is 0 Å². The van der Waals surface area contributed by atoms with Gasteiger partial charge in [0.15, 0.2) is 0 Å². The van der Waals surface area contributed by atoms with Gasteiger partial charge in [0.05, 0.1) is 6.54 Å². The highest BCUT2D eigenvalue weighted by atomic mass is 32.1. The van der Waals surface area contributed by atoms with Crippen LogP contribution in [0.25, 0.3) is 0 Å². The third kappa shape index (κ3) is 2.95. The van der Waals surface area contributed by atoms with E-state index < -0.39 is 11.5 Å². The van der Waals surface area contributed by atoms with E-state index in [2.05, 4.69) is 5.32 Å². The molecule has 0 aromatic carbocycles. The number of nitrogens with zero attached hydrogens (tertiary/aromatic N) is 1. The largest absolute Gasteiger partial charge is 0.480 e. The number of rotatable bonds is 3. The molecule has 0 bridgehead atoms. The summed E-state index contributed by atoms with van der Waals surface area (Å²) in [5.74, 6) is -0.931. The molecule has 1 aromatic heterocycles. The first-order chi connectivity index (χ1) is 9.43. The molecule has 2 rings (SSSR count). The molecule has 5 nitrogen and oxygen atoms in total. The number of hydrogen-bond acceptors (Lipinski definition) is 3. The highest BCUT2D eigenvalue weighted by Crippen LogP contribution is 2.28. The molecule has 1 aliphatic heterocycles. The minimum Gasteiger partial charge on any atom is -0.480 e. The van der Waals surface area contributed by atoms with Crippen LogP contribution in [0.5, 0.6) is 0 Å². The summed E-state index contributed by atoms with van der Waals surface area (Å²) in [4.78, 5) is 27.4. The van der Waals surface area contributed by atoms with E-state index in [0.29, 0.717) is 19.5 Å². The lowest BCUT2D eigenvalue weighted by Crippen LogP contribution is -2.59. The Morgan fingerprint density at radius 1 is 1.45 bits per heavy atom. The molecule has 1 aromatic rings. The Morgan fingerprint density at radius 3 is 2.80 bits per heavy atom. The molecule has 20 heavy (non-hydrogen) atoms. The zero-order valence-electron chi connectivity index (χ0n) is 11.8.